The maximum atomic E-state index is 6.03. The fourth-order valence-electron chi connectivity index (χ4n) is 1.03. The summed E-state index contributed by atoms with van der Waals surface area (Å²) in [5, 5.41) is 0.792. The molecule has 0 atom stereocenters. The summed E-state index contributed by atoms with van der Waals surface area (Å²) in [4.78, 5) is 0. The fourth-order valence-corrected chi connectivity index (χ4v) is 1.32. The van der Waals surface area contributed by atoms with Crippen LogP contribution in [0.2, 0.25) is 5.02 Å². The molecule has 2 heteroatoms. The summed E-state index contributed by atoms with van der Waals surface area (Å²) >= 11 is 6.03. The minimum Gasteiger partial charge on any atom is -0.374 e. The molecular formula is C11H15ClO. The van der Waals surface area contributed by atoms with E-state index in [0.717, 1.165) is 10.6 Å². The number of aryl methyl sites for hydroxylation is 1. The third-order valence-electron chi connectivity index (χ3n) is 1.78. The van der Waals surface area contributed by atoms with Crippen LogP contribution in [-0.2, 0) is 11.3 Å². The number of halogens is 1. The quantitative estimate of drug-likeness (QED) is 0.722. The standard InChI is InChI=1S/C11H15ClO/c1-8(2)13-7-10-5-4-9(3)6-11(10)12/h4-6,8H,7H2,1-3H3. The van der Waals surface area contributed by atoms with E-state index in [9.17, 15) is 0 Å². The van der Waals surface area contributed by atoms with E-state index in [1.54, 1.807) is 0 Å². The molecule has 0 spiro atoms. The summed E-state index contributed by atoms with van der Waals surface area (Å²) in [5.74, 6) is 0. The topological polar surface area (TPSA) is 9.23 Å². The predicted molar refractivity (Wildman–Crippen MR) is 56.1 cm³/mol. The first-order valence-electron chi connectivity index (χ1n) is 4.46. The van der Waals surface area contributed by atoms with E-state index in [4.69, 9.17) is 16.3 Å². The molecule has 0 heterocycles. The van der Waals surface area contributed by atoms with Crippen molar-refractivity contribution in [3.8, 4) is 0 Å². The average Bonchev–Trinajstić information content (AvgIpc) is 2.02. The van der Waals surface area contributed by atoms with Crippen molar-refractivity contribution < 1.29 is 4.74 Å². The van der Waals surface area contributed by atoms with Crippen LogP contribution in [0.25, 0.3) is 0 Å². The molecule has 1 aromatic rings. The molecule has 0 saturated carbocycles. The molecule has 0 bridgehead atoms. The van der Waals surface area contributed by atoms with Gasteiger partial charge in [0.05, 0.1) is 12.7 Å². The Morgan fingerprint density at radius 2 is 2.08 bits per heavy atom. The van der Waals surface area contributed by atoms with Gasteiger partial charge in [0.2, 0.25) is 0 Å². The van der Waals surface area contributed by atoms with Gasteiger partial charge >= 0.3 is 0 Å². The highest BCUT2D eigenvalue weighted by molar-refractivity contribution is 6.31. The predicted octanol–water partition coefficient (Wildman–Crippen LogP) is 3.57. The van der Waals surface area contributed by atoms with E-state index in [1.165, 1.54) is 5.56 Å². The molecule has 0 aliphatic rings. The van der Waals surface area contributed by atoms with Crippen molar-refractivity contribution in [2.75, 3.05) is 0 Å². The van der Waals surface area contributed by atoms with Crippen LogP contribution in [0, 0.1) is 6.92 Å². The first-order chi connectivity index (χ1) is 6.09. The average molecular weight is 199 g/mol. The Morgan fingerprint density at radius 1 is 1.38 bits per heavy atom. The van der Waals surface area contributed by atoms with Crippen molar-refractivity contribution in [2.24, 2.45) is 0 Å². The number of hydrogen-bond donors (Lipinski definition) is 0. The van der Waals surface area contributed by atoms with E-state index >= 15 is 0 Å². The zero-order valence-corrected chi connectivity index (χ0v) is 9.06. The Balaban J connectivity index is 2.67. The Bertz CT molecular complexity index is 281. The molecule has 0 N–H and O–H groups in total. The highest BCUT2D eigenvalue weighted by Crippen LogP contribution is 2.18. The van der Waals surface area contributed by atoms with Crippen LogP contribution in [-0.4, -0.2) is 6.10 Å². The van der Waals surface area contributed by atoms with Gasteiger partial charge in [-0.3, -0.25) is 0 Å². The van der Waals surface area contributed by atoms with Gasteiger partial charge in [-0.2, -0.15) is 0 Å². The lowest BCUT2D eigenvalue weighted by molar-refractivity contribution is 0.0657. The summed E-state index contributed by atoms with van der Waals surface area (Å²) in [7, 11) is 0. The van der Waals surface area contributed by atoms with Gasteiger partial charge < -0.3 is 4.74 Å². The van der Waals surface area contributed by atoms with Gasteiger partial charge in [0.1, 0.15) is 0 Å². The molecule has 0 aliphatic heterocycles. The minimum absolute atomic E-state index is 0.248. The van der Waals surface area contributed by atoms with Gasteiger partial charge in [0, 0.05) is 5.02 Å². The molecule has 0 saturated heterocycles. The van der Waals surface area contributed by atoms with Gasteiger partial charge in [0.25, 0.3) is 0 Å². The van der Waals surface area contributed by atoms with Crippen molar-refractivity contribution in [3.05, 3.63) is 34.3 Å². The van der Waals surface area contributed by atoms with Crippen molar-refractivity contribution in [3.63, 3.8) is 0 Å². The molecule has 13 heavy (non-hydrogen) atoms. The van der Waals surface area contributed by atoms with Crippen molar-refractivity contribution in [1.82, 2.24) is 0 Å². The SMILES string of the molecule is Cc1ccc(COC(C)C)c(Cl)c1. The second-order valence-corrected chi connectivity index (χ2v) is 3.86. The van der Waals surface area contributed by atoms with Crippen molar-refractivity contribution >= 4 is 11.6 Å². The van der Waals surface area contributed by atoms with E-state index < -0.39 is 0 Å². The summed E-state index contributed by atoms with van der Waals surface area (Å²) in [6, 6.07) is 6.02. The van der Waals surface area contributed by atoms with Crippen LogP contribution in [0.5, 0.6) is 0 Å². The van der Waals surface area contributed by atoms with Crippen LogP contribution in [0.1, 0.15) is 25.0 Å². The third-order valence-corrected chi connectivity index (χ3v) is 2.13. The zero-order valence-electron chi connectivity index (χ0n) is 8.30. The molecule has 0 aromatic heterocycles. The lowest BCUT2D eigenvalue weighted by Gasteiger charge is -2.09. The van der Waals surface area contributed by atoms with Gasteiger partial charge in [0.15, 0.2) is 0 Å². The van der Waals surface area contributed by atoms with Gasteiger partial charge in [-0.15, -0.1) is 0 Å². The summed E-state index contributed by atoms with van der Waals surface area (Å²) in [5.41, 5.74) is 2.24. The van der Waals surface area contributed by atoms with Gasteiger partial charge in [-0.05, 0) is 38.0 Å². The fraction of sp³-hybridized carbons (Fsp3) is 0.455. The summed E-state index contributed by atoms with van der Waals surface area (Å²) in [6.07, 6.45) is 0.248. The normalized spacial score (nSPS) is 10.8. The van der Waals surface area contributed by atoms with E-state index in [0.29, 0.717) is 6.61 Å². The summed E-state index contributed by atoms with van der Waals surface area (Å²) < 4.78 is 5.46. The number of benzene rings is 1. The Kier molecular flexibility index (Phi) is 3.76. The van der Waals surface area contributed by atoms with Crippen LogP contribution in [0.4, 0.5) is 0 Å². The minimum atomic E-state index is 0.248. The molecular weight excluding hydrogens is 184 g/mol. The molecule has 1 aromatic carbocycles. The Hall–Kier alpha value is -0.530. The maximum absolute atomic E-state index is 6.03. The molecule has 0 amide bonds. The van der Waals surface area contributed by atoms with Crippen LogP contribution < -0.4 is 0 Å². The third kappa shape index (κ3) is 3.37. The van der Waals surface area contributed by atoms with Gasteiger partial charge in [-0.1, -0.05) is 23.7 Å². The molecule has 1 nitrogen and oxygen atoms in total. The molecule has 0 fully saturated rings. The molecule has 0 radical (unpaired) electrons. The molecule has 0 aliphatic carbocycles. The van der Waals surface area contributed by atoms with Crippen molar-refractivity contribution in [2.45, 2.75) is 33.5 Å². The molecule has 1 rings (SSSR count). The highest BCUT2D eigenvalue weighted by atomic mass is 35.5. The molecule has 0 unspecified atom stereocenters. The lowest BCUT2D eigenvalue weighted by atomic mass is 10.2. The number of ether oxygens (including phenoxy) is 1. The second kappa shape index (κ2) is 4.64. The van der Waals surface area contributed by atoms with Crippen LogP contribution in [0.3, 0.4) is 0 Å². The highest BCUT2D eigenvalue weighted by Gasteiger charge is 2.01. The van der Waals surface area contributed by atoms with Crippen molar-refractivity contribution in [1.29, 1.82) is 0 Å². The summed E-state index contributed by atoms with van der Waals surface area (Å²) in [6.45, 7) is 6.65. The largest absolute Gasteiger partial charge is 0.374 e. The zero-order chi connectivity index (χ0) is 9.84. The van der Waals surface area contributed by atoms with Crippen LogP contribution in [0.15, 0.2) is 18.2 Å². The number of hydrogen-bond acceptors (Lipinski definition) is 1. The monoisotopic (exact) mass is 198 g/mol. The first kappa shape index (κ1) is 10.6. The van der Waals surface area contributed by atoms with E-state index in [2.05, 4.69) is 0 Å². The Labute approximate surface area is 84.7 Å². The van der Waals surface area contributed by atoms with Gasteiger partial charge in [-0.25, -0.2) is 0 Å². The lowest BCUT2D eigenvalue weighted by Crippen LogP contribution is -2.02. The second-order valence-electron chi connectivity index (χ2n) is 3.45. The number of rotatable bonds is 3. The maximum Gasteiger partial charge on any atom is 0.0734 e. The first-order valence-corrected chi connectivity index (χ1v) is 4.84. The van der Waals surface area contributed by atoms with E-state index in [1.807, 2.05) is 39.0 Å². The Morgan fingerprint density at radius 3 is 2.62 bits per heavy atom. The van der Waals surface area contributed by atoms with E-state index in [-0.39, 0.29) is 6.10 Å². The molecule has 72 valence electrons. The smallest absolute Gasteiger partial charge is 0.0734 e. The van der Waals surface area contributed by atoms with Crippen LogP contribution >= 0.6 is 11.6 Å².